The Kier molecular flexibility index (Phi) is 5.62. The van der Waals surface area contributed by atoms with Gasteiger partial charge in [0, 0.05) is 18.8 Å². The molecule has 3 rings (SSSR count). The normalized spacial score (nSPS) is 10.9. The fourth-order valence-corrected chi connectivity index (χ4v) is 2.69. The zero-order valence-corrected chi connectivity index (χ0v) is 14.8. The van der Waals surface area contributed by atoms with Crippen LogP contribution in [0.1, 0.15) is 17.3 Å². The zero-order chi connectivity index (χ0) is 20.3. The maximum Gasteiger partial charge on any atom is 0.343 e. The van der Waals surface area contributed by atoms with E-state index in [1.165, 1.54) is 16.7 Å². The molecule has 0 radical (unpaired) electrons. The van der Waals surface area contributed by atoms with E-state index in [4.69, 9.17) is 4.74 Å². The minimum absolute atomic E-state index is 0.00540. The van der Waals surface area contributed by atoms with Crippen LogP contribution in [0.4, 0.5) is 19.0 Å². The van der Waals surface area contributed by atoms with E-state index in [1.54, 1.807) is 6.92 Å². The molecular formula is C19H16F3N3O3. The molecule has 0 aliphatic rings. The van der Waals surface area contributed by atoms with E-state index in [9.17, 15) is 22.8 Å². The van der Waals surface area contributed by atoms with Crippen molar-refractivity contribution in [2.75, 3.05) is 25.1 Å². The summed E-state index contributed by atoms with van der Waals surface area (Å²) in [5.41, 5.74) is -1.05. The van der Waals surface area contributed by atoms with Gasteiger partial charge in [-0.1, -0.05) is 0 Å². The summed E-state index contributed by atoms with van der Waals surface area (Å²) in [5.74, 6) is -2.31. The van der Waals surface area contributed by atoms with E-state index >= 15 is 0 Å². The van der Waals surface area contributed by atoms with Crippen LogP contribution in [0.3, 0.4) is 0 Å². The van der Waals surface area contributed by atoms with E-state index in [0.29, 0.717) is 6.07 Å². The average molecular weight is 391 g/mol. The number of hydrogen-bond acceptors (Lipinski definition) is 5. The SMILES string of the molecule is CCOC(=O)c1cn(-c2ccc(F)cc2F)c2nc(NCCF)ccc2c1=O. The summed E-state index contributed by atoms with van der Waals surface area (Å²) < 4.78 is 46.2. The minimum Gasteiger partial charge on any atom is -0.462 e. The van der Waals surface area contributed by atoms with E-state index < -0.39 is 29.7 Å². The number of benzene rings is 1. The van der Waals surface area contributed by atoms with Crippen LogP contribution in [0.5, 0.6) is 0 Å². The summed E-state index contributed by atoms with van der Waals surface area (Å²) in [4.78, 5) is 29.1. The number of hydrogen-bond donors (Lipinski definition) is 1. The molecule has 0 saturated carbocycles. The number of carbonyl (C=O) groups excluding carboxylic acids is 1. The number of halogens is 3. The highest BCUT2D eigenvalue weighted by Crippen LogP contribution is 2.21. The highest BCUT2D eigenvalue weighted by atomic mass is 19.1. The Balaban J connectivity index is 2.31. The van der Waals surface area contributed by atoms with Crippen molar-refractivity contribution in [3.63, 3.8) is 0 Å². The molecule has 0 spiro atoms. The Labute approximate surface area is 157 Å². The van der Waals surface area contributed by atoms with Gasteiger partial charge in [-0.3, -0.25) is 9.36 Å². The smallest absolute Gasteiger partial charge is 0.343 e. The lowest BCUT2D eigenvalue weighted by molar-refractivity contribution is 0.0524. The number of alkyl halides is 1. The molecule has 1 N–H and O–H groups in total. The van der Waals surface area contributed by atoms with Crippen LogP contribution in [-0.2, 0) is 4.74 Å². The number of esters is 1. The van der Waals surface area contributed by atoms with Gasteiger partial charge in [0.2, 0.25) is 5.43 Å². The monoisotopic (exact) mass is 391 g/mol. The quantitative estimate of drug-likeness (QED) is 0.654. The van der Waals surface area contributed by atoms with Crippen molar-refractivity contribution in [1.29, 1.82) is 0 Å². The number of nitrogens with zero attached hydrogens (tertiary/aromatic N) is 2. The van der Waals surface area contributed by atoms with Crippen molar-refractivity contribution >= 4 is 22.8 Å². The lowest BCUT2D eigenvalue weighted by Gasteiger charge is -2.14. The molecule has 0 atom stereocenters. The van der Waals surface area contributed by atoms with Crippen LogP contribution in [0.25, 0.3) is 16.7 Å². The van der Waals surface area contributed by atoms with Gasteiger partial charge in [0.15, 0.2) is 5.65 Å². The van der Waals surface area contributed by atoms with Gasteiger partial charge in [0.05, 0.1) is 17.7 Å². The van der Waals surface area contributed by atoms with Crippen molar-refractivity contribution in [3.8, 4) is 5.69 Å². The molecule has 0 aliphatic heterocycles. The summed E-state index contributed by atoms with van der Waals surface area (Å²) in [6, 6.07) is 5.71. The Morgan fingerprint density at radius 1 is 1.25 bits per heavy atom. The maximum atomic E-state index is 14.4. The second kappa shape index (κ2) is 8.12. The third-order valence-corrected chi connectivity index (χ3v) is 3.92. The predicted molar refractivity (Wildman–Crippen MR) is 97.7 cm³/mol. The Morgan fingerprint density at radius 2 is 2.04 bits per heavy atom. The molecule has 6 nitrogen and oxygen atoms in total. The van der Waals surface area contributed by atoms with Crippen LogP contribution in [0, 0.1) is 11.6 Å². The number of anilines is 1. The fraction of sp³-hybridized carbons (Fsp3) is 0.211. The first-order valence-electron chi connectivity index (χ1n) is 8.45. The number of aromatic nitrogens is 2. The Bertz CT molecular complexity index is 1100. The van der Waals surface area contributed by atoms with Gasteiger partial charge in [-0.2, -0.15) is 0 Å². The van der Waals surface area contributed by atoms with Gasteiger partial charge >= 0.3 is 5.97 Å². The molecule has 2 heterocycles. The average Bonchev–Trinajstić information content (AvgIpc) is 2.67. The summed E-state index contributed by atoms with van der Waals surface area (Å²) >= 11 is 0. The number of ether oxygens (including phenoxy) is 1. The Hall–Kier alpha value is -3.36. The molecule has 0 saturated heterocycles. The lowest BCUT2D eigenvalue weighted by atomic mass is 10.1. The summed E-state index contributed by atoms with van der Waals surface area (Å²) in [7, 11) is 0. The molecule has 0 fully saturated rings. The van der Waals surface area contributed by atoms with E-state index in [-0.39, 0.29) is 41.3 Å². The largest absolute Gasteiger partial charge is 0.462 e. The minimum atomic E-state index is -0.913. The van der Waals surface area contributed by atoms with Crippen LogP contribution in [0.2, 0.25) is 0 Å². The van der Waals surface area contributed by atoms with Crippen molar-refractivity contribution in [2.24, 2.45) is 0 Å². The zero-order valence-electron chi connectivity index (χ0n) is 14.8. The van der Waals surface area contributed by atoms with Crippen molar-refractivity contribution in [3.05, 3.63) is 63.9 Å². The standard InChI is InChI=1S/C19H16F3N3O3/c1-2-28-19(27)13-10-25(15-5-3-11(21)9-14(15)22)18-12(17(13)26)4-6-16(24-18)23-8-7-20/h3-6,9-10H,2,7-8H2,1H3,(H,23,24). The second-order valence-electron chi connectivity index (χ2n) is 5.74. The first-order chi connectivity index (χ1) is 13.5. The van der Waals surface area contributed by atoms with E-state index in [1.807, 2.05) is 0 Å². The van der Waals surface area contributed by atoms with Crippen LogP contribution >= 0.6 is 0 Å². The molecule has 0 bridgehead atoms. The number of fused-ring (bicyclic) bond motifs is 1. The molecule has 1 aromatic carbocycles. The topological polar surface area (TPSA) is 73.2 Å². The first-order valence-corrected chi connectivity index (χ1v) is 8.45. The van der Waals surface area contributed by atoms with Crippen LogP contribution in [-0.4, -0.2) is 35.3 Å². The van der Waals surface area contributed by atoms with E-state index in [0.717, 1.165) is 18.3 Å². The highest BCUT2D eigenvalue weighted by Gasteiger charge is 2.20. The Morgan fingerprint density at radius 3 is 2.71 bits per heavy atom. The van der Waals surface area contributed by atoms with Crippen LogP contribution < -0.4 is 10.7 Å². The number of pyridine rings is 2. The molecule has 0 aliphatic carbocycles. The molecular weight excluding hydrogens is 375 g/mol. The summed E-state index contributed by atoms with van der Waals surface area (Å²) in [6.45, 7) is 0.989. The first kappa shape index (κ1) is 19.4. The van der Waals surface area contributed by atoms with Gasteiger partial charge in [-0.05, 0) is 31.2 Å². The highest BCUT2D eigenvalue weighted by molar-refractivity contribution is 5.93. The lowest BCUT2D eigenvalue weighted by Crippen LogP contribution is -2.21. The van der Waals surface area contributed by atoms with Gasteiger partial charge in [0.25, 0.3) is 0 Å². The molecule has 0 amide bonds. The molecule has 3 aromatic rings. The third kappa shape index (κ3) is 3.68. The number of rotatable bonds is 6. The van der Waals surface area contributed by atoms with Crippen molar-refractivity contribution in [2.45, 2.75) is 6.92 Å². The molecule has 2 aromatic heterocycles. The summed E-state index contributed by atoms with van der Waals surface area (Å²) in [6.07, 6.45) is 1.10. The molecule has 28 heavy (non-hydrogen) atoms. The van der Waals surface area contributed by atoms with Crippen LogP contribution in [0.15, 0.2) is 41.3 Å². The molecule has 9 heteroatoms. The number of nitrogens with one attached hydrogen (secondary N) is 1. The summed E-state index contributed by atoms with van der Waals surface area (Å²) in [5, 5.41) is 2.75. The van der Waals surface area contributed by atoms with Gasteiger partial charge in [0.1, 0.15) is 29.7 Å². The molecule has 146 valence electrons. The predicted octanol–water partition coefficient (Wildman–Crippen LogP) is 3.22. The van der Waals surface area contributed by atoms with E-state index in [2.05, 4.69) is 10.3 Å². The maximum absolute atomic E-state index is 14.4. The van der Waals surface area contributed by atoms with Gasteiger partial charge in [-0.15, -0.1) is 0 Å². The second-order valence-corrected chi connectivity index (χ2v) is 5.74. The van der Waals surface area contributed by atoms with Gasteiger partial charge < -0.3 is 10.1 Å². The van der Waals surface area contributed by atoms with Crippen molar-refractivity contribution < 1.29 is 22.7 Å². The third-order valence-electron chi connectivity index (χ3n) is 3.92. The van der Waals surface area contributed by atoms with Crippen molar-refractivity contribution in [1.82, 2.24) is 9.55 Å². The van der Waals surface area contributed by atoms with Gasteiger partial charge in [-0.25, -0.2) is 22.9 Å². The molecule has 0 unspecified atom stereocenters. The number of carbonyl (C=O) groups is 1. The fourth-order valence-electron chi connectivity index (χ4n) is 2.69.